The van der Waals surface area contributed by atoms with Crippen molar-refractivity contribution >= 4 is 44.8 Å². The lowest BCUT2D eigenvalue weighted by Crippen LogP contribution is -2.19. The molecule has 1 aromatic heterocycles. The Hall–Kier alpha value is -2.45. The van der Waals surface area contributed by atoms with Crippen LogP contribution in [0.15, 0.2) is 59.2 Å². The monoisotopic (exact) mass is 448 g/mol. The van der Waals surface area contributed by atoms with Crippen LogP contribution in [0.5, 0.6) is 5.75 Å². The first kappa shape index (κ1) is 19.3. The van der Waals surface area contributed by atoms with E-state index in [-0.39, 0.29) is 5.82 Å². The predicted octanol–water partition coefficient (Wildman–Crippen LogP) is 5.04. The molecule has 0 aliphatic carbocycles. The zero-order valence-corrected chi connectivity index (χ0v) is 17.0. The van der Waals surface area contributed by atoms with Crippen molar-refractivity contribution in [3.05, 3.63) is 70.6 Å². The van der Waals surface area contributed by atoms with Gasteiger partial charge in [0.05, 0.1) is 17.6 Å². The first-order valence-corrected chi connectivity index (χ1v) is 9.52. The van der Waals surface area contributed by atoms with Crippen molar-refractivity contribution < 1.29 is 9.13 Å². The molecular formula is C19H18BrFN4OS. The van der Waals surface area contributed by atoms with Gasteiger partial charge in [-0.15, -0.1) is 0 Å². The number of halogens is 2. The molecule has 0 amide bonds. The zero-order valence-electron chi connectivity index (χ0n) is 14.6. The molecule has 0 aliphatic rings. The van der Waals surface area contributed by atoms with E-state index in [0.29, 0.717) is 29.6 Å². The van der Waals surface area contributed by atoms with Crippen LogP contribution >= 0.6 is 28.1 Å². The summed E-state index contributed by atoms with van der Waals surface area (Å²) >= 11 is 8.78. The standard InChI is InChI=1S/C19H18BrFN4OS/c1-2-26-15-9-7-14(8-10-15)22-19(27)23-18-16(20)12-25(24-18)11-13-5-3-4-6-17(13)21/h3-10,12H,2,11H2,1H3,(H2,22,23,24,27). The molecule has 0 saturated heterocycles. The van der Waals surface area contributed by atoms with Crippen molar-refractivity contribution in [1.82, 2.24) is 9.78 Å². The van der Waals surface area contributed by atoms with Crippen LogP contribution in [0.1, 0.15) is 12.5 Å². The number of nitrogens with one attached hydrogen (secondary N) is 2. The molecule has 3 aromatic rings. The van der Waals surface area contributed by atoms with Crippen LogP contribution in [0.4, 0.5) is 15.9 Å². The first-order chi connectivity index (χ1) is 13.0. The number of rotatable bonds is 6. The molecule has 0 unspecified atom stereocenters. The highest BCUT2D eigenvalue weighted by atomic mass is 79.9. The molecule has 0 spiro atoms. The van der Waals surface area contributed by atoms with Gasteiger partial charge in [-0.3, -0.25) is 4.68 Å². The molecule has 0 atom stereocenters. The molecule has 3 rings (SSSR count). The second kappa shape index (κ2) is 8.96. The zero-order chi connectivity index (χ0) is 19.2. The van der Waals surface area contributed by atoms with Crippen LogP contribution in [-0.4, -0.2) is 21.5 Å². The van der Waals surface area contributed by atoms with Gasteiger partial charge in [-0.05, 0) is 65.4 Å². The Labute approximate surface area is 170 Å². The summed E-state index contributed by atoms with van der Waals surface area (Å²) < 4.78 is 21.6. The van der Waals surface area contributed by atoms with Crippen LogP contribution in [0.2, 0.25) is 0 Å². The summed E-state index contributed by atoms with van der Waals surface area (Å²) in [6, 6.07) is 14.1. The van der Waals surface area contributed by atoms with Crippen LogP contribution in [0.3, 0.4) is 0 Å². The van der Waals surface area contributed by atoms with Crippen molar-refractivity contribution in [2.24, 2.45) is 0 Å². The second-order valence-corrected chi connectivity index (χ2v) is 6.91. The maximum atomic E-state index is 13.8. The minimum atomic E-state index is -0.258. The van der Waals surface area contributed by atoms with Gasteiger partial charge in [-0.2, -0.15) is 5.10 Å². The van der Waals surface area contributed by atoms with Crippen LogP contribution in [0.25, 0.3) is 0 Å². The van der Waals surface area contributed by atoms with E-state index in [2.05, 4.69) is 31.7 Å². The van der Waals surface area contributed by atoms with E-state index in [9.17, 15) is 4.39 Å². The van der Waals surface area contributed by atoms with E-state index >= 15 is 0 Å². The average Bonchev–Trinajstić information content (AvgIpc) is 2.98. The van der Waals surface area contributed by atoms with Crippen molar-refractivity contribution in [2.45, 2.75) is 13.5 Å². The molecule has 1 heterocycles. The molecule has 0 radical (unpaired) electrons. The summed E-state index contributed by atoms with van der Waals surface area (Å²) in [5.74, 6) is 1.10. The molecule has 140 valence electrons. The first-order valence-electron chi connectivity index (χ1n) is 8.32. The lowest BCUT2D eigenvalue weighted by Gasteiger charge is -2.10. The number of nitrogens with zero attached hydrogens (tertiary/aromatic N) is 2. The number of anilines is 2. The molecular weight excluding hydrogens is 431 g/mol. The molecule has 8 heteroatoms. The second-order valence-electron chi connectivity index (χ2n) is 5.65. The van der Waals surface area contributed by atoms with Crippen LogP contribution in [-0.2, 0) is 6.54 Å². The van der Waals surface area contributed by atoms with E-state index in [4.69, 9.17) is 17.0 Å². The normalized spacial score (nSPS) is 10.5. The van der Waals surface area contributed by atoms with Crippen molar-refractivity contribution in [1.29, 1.82) is 0 Å². The van der Waals surface area contributed by atoms with Crippen molar-refractivity contribution in [3.63, 3.8) is 0 Å². The molecule has 27 heavy (non-hydrogen) atoms. The number of hydrogen-bond acceptors (Lipinski definition) is 3. The summed E-state index contributed by atoms with van der Waals surface area (Å²) in [5.41, 5.74) is 1.40. The summed E-state index contributed by atoms with van der Waals surface area (Å²) in [4.78, 5) is 0. The van der Waals surface area contributed by atoms with Crippen molar-refractivity contribution in [2.75, 3.05) is 17.2 Å². The Morgan fingerprint density at radius 1 is 1.19 bits per heavy atom. The smallest absolute Gasteiger partial charge is 0.176 e. The van der Waals surface area contributed by atoms with E-state index in [1.54, 1.807) is 29.1 Å². The maximum absolute atomic E-state index is 13.8. The minimum absolute atomic E-state index is 0.258. The van der Waals surface area contributed by atoms with Crippen molar-refractivity contribution in [3.8, 4) is 5.75 Å². The van der Waals surface area contributed by atoms with Gasteiger partial charge < -0.3 is 15.4 Å². The Morgan fingerprint density at radius 2 is 1.93 bits per heavy atom. The fourth-order valence-electron chi connectivity index (χ4n) is 2.43. The number of benzene rings is 2. The number of aromatic nitrogens is 2. The maximum Gasteiger partial charge on any atom is 0.176 e. The van der Waals surface area contributed by atoms with Gasteiger partial charge in [0.1, 0.15) is 11.6 Å². The highest BCUT2D eigenvalue weighted by Gasteiger charge is 2.10. The highest BCUT2D eigenvalue weighted by molar-refractivity contribution is 9.10. The molecule has 0 fully saturated rings. The van der Waals surface area contributed by atoms with Crippen LogP contribution < -0.4 is 15.4 Å². The Morgan fingerprint density at radius 3 is 2.63 bits per heavy atom. The third-order valence-electron chi connectivity index (χ3n) is 3.66. The number of hydrogen-bond donors (Lipinski definition) is 2. The van der Waals surface area contributed by atoms with E-state index in [1.165, 1.54) is 6.07 Å². The van der Waals surface area contributed by atoms with Crippen LogP contribution in [0, 0.1) is 5.82 Å². The Bertz CT molecular complexity index is 930. The molecule has 0 bridgehead atoms. The summed E-state index contributed by atoms with van der Waals surface area (Å²) in [6.07, 6.45) is 1.77. The van der Waals surface area contributed by atoms with Gasteiger partial charge in [-0.1, -0.05) is 18.2 Å². The predicted molar refractivity (Wildman–Crippen MR) is 113 cm³/mol. The van der Waals surface area contributed by atoms with Gasteiger partial charge in [0.15, 0.2) is 10.9 Å². The lowest BCUT2D eigenvalue weighted by atomic mass is 10.2. The number of thiocarbonyl (C=S) groups is 1. The highest BCUT2D eigenvalue weighted by Crippen LogP contribution is 2.22. The largest absolute Gasteiger partial charge is 0.494 e. The summed E-state index contributed by atoms with van der Waals surface area (Å²) in [5, 5.41) is 10.9. The van der Waals surface area contributed by atoms with Gasteiger partial charge >= 0.3 is 0 Å². The van der Waals surface area contributed by atoms with Gasteiger partial charge in [0.2, 0.25) is 0 Å². The quantitative estimate of drug-likeness (QED) is 0.517. The Balaban J connectivity index is 1.62. The lowest BCUT2D eigenvalue weighted by molar-refractivity contribution is 0.340. The van der Waals surface area contributed by atoms with E-state index in [0.717, 1.165) is 15.9 Å². The van der Waals surface area contributed by atoms with E-state index in [1.807, 2.05) is 31.2 Å². The number of ether oxygens (including phenoxy) is 1. The fraction of sp³-hybridized carbons (Fsp3) is 0.158. The van der Waals surface area contributed by atoms with E-state index < -0.39 is 0 Å². The third-order valence-corrected chi connectivity index (χ3v) is 4.45. The van der Waals surface area contributed by atoms with Gasteiger partial charge in [0, 0.05) is 17.4 Å². The molecule has 2 aromatic carbocycles. The van der Waals surface area contributed by atoms with Gasteiger partial charge in [0.25, 0.3) is 0 Å². The molecule has 5 nitrogen and oxygen atoms in total. The third kappa shape index (κ3) is 5.27. The average molecular weight is 449 g/mol. The summed E-state index contributed by atoms with van der Waals surface area (Å²) in [7, 11) is 0. The Kier molecular flexibility index (Phi) is 6.41. The topological polar surface area (TPSA) is 51.1 Å². The van der Waals surface area contributed by atoms with Gasteiger partial charge in [-0.25, -0.2) is 4.39 Å². The molecule has 0 saturated carbocycles. The molecule has 2 N–H and O–H groups in total. The SMILES string of the molecule is CCOc1ccc(NC(=S)Nc2nn(Cc3ccccc3F)cc2Br)cc1. The minimum Gasteiger partial charge on any atom is -0.494 e. The fourth-order valence-corrected chi connectivity index (χ4v) is 3.06. The summed E-state index contributed by atoms with van der Waals surface area (Å²) in [6.45, 7) is 2.89. The molecule has 0 aliphatic heterocycles.